The number of hydrogen-bond acceptors (Lipinski definition) is 5. The Morgan fingerprint density at radius 2 is 2.17 bits per heavy atom. The van der Waals surface area contributed by atoms with Crippen LogP contribution in [0.2, 0.25) is 0 Å². The average molecular weight is 326 g/mol. The normalized spacial score (nSPS) is 22.9. The second-order valence-corrected chi connectivity index (χ2v) is 6.71. The van der Waals surface area contributed by atoms with Crippen LogP contribution in [-0.4, -0.2) is 26.8 Å². The molecule has 0 bridgehead atoms. The van der Waals surface area contributed by atoms with Gasteiger partial charge < -0.3 is 5.32 Å². The van der Waals surface area contributed by atoms with Crippen molar-refractivity contribution in [2.24, 2.45) is 5.92 Å². The first-order valence-corrected chi connectivity index (χ1v) is 8.97. The smallest absolute Gasteiger partial charge is 0.227 e. The number of nitrogens with zero attached hydrogens (tertiary/aromatic N) is 3. The van der Waals surface area contributed by atoms with E-state index in [0.29, 0.717) is 6.42 Å². The Morgan fingerprint density at radius 3 is 2.96 bits per heavy atom. The van der Waals surface area contributed by atoms with Gasteiger partial charge in [-0.05, 0) is 30.7 Å². The van der Waals surface area contributed by atoms with Crippen molar-refractivity contribution < 1.29 is 4.79 Å². The standard InChI is InChI=1S/C17H18N4OS/c1-10-6-3-4-7-11(10)15-14-12(8-5-9-13(14)22)18-16-19-17(23-2)20-21(15)16/h3-4,6-8,14-15H,5,9H2,1-2H3,(H,18,19,20)/t14-,15-/m0/s1. The molecule has 4 rings (SSSR count). The maximum Gasteiger partial charge on any atom is 0.227 e. The minimum absolute atomic E-state index is 0.125. The summed E-state index contributed by atoms with van der Waals surface area (Å²) in [5, 5.41) is 8.66. The number of anilines is 1. The minimum atomic E-state index is -0.200. The maximum atomic E-state index is 12.7. The fourth-order valence-corrected chi connectivity index (χ4v) is 3.82. The van der Waals surface area contributed by atoms with Gasteiger partial charge in [-0.2, -0.15) is 4.98 Å². The minimum Gasteiger partial charge on any atom is -0.328 e. The van der Waals surface area contributed by atoms with Gasteiger partial charge in [-0.15, -0.1) is 5.10 Å². The molecule has 5 nitrogen and oxygen atoms in total. The van der Waals surface area contributed by atoms with Crippen molar-refractivity contribution in [3.8, 4) is 0 Å². The number of allylic oxidation sites excluding steroid dienone is 2. The summed E-state index contributed by atoms with van der Waals surface area (Å²) < 4.78 is 1.89. The number of thioether (sulfide) groups is 1. The molecule has 0 radical (unpaired) electrons. The Labute approximate surface area is 139 Å². The molecule has 23 heavy (non-hydrogen) atoms. The first kappa shape index (κ1) is 14.5. The lowest BCUT2D eigenvalue weighted by Gasteiger charge is -2.36. The molecular weight excluding hydrogens is 308 g/mol. The van der Waals surface area contributed by atoms with Gasteiger partial charge in [0.05, 0.1) is 12.0 Å². The van der Waals surface area contributed by atoms with Crippen molar-refractivity contribution in [1.82, 2.24) is 14.8 Å². The molecule has 6 heteroatoms. The summed E-state index contributed by atoms with van der Waals surface area (Å²) >= 11 is 1.51. The number of ketones is 1. The second-order valence-electron chi connectivity index (χ2n) is 5.94. The van der Waals surface area contributed by atoms with Crippen molar-refractivity contribution in [1.29, 1.82) is 0 Å². The third-order valence-electron chi connectivity index (χ3n) is 4.57. The van der Waals surface area contributed by atoms with Crippen LogP contribution in [0.3, 0.4) is 0 Å². The van der Waals surface area contributed by atoms with Gasteiger partial charge in [0.25, 0.3) is 0 Å². The molecule has 0 amide bonds. The Balaban J connectivity index is 1.94. The summed E-state index contributed by atoms with van der Waals surface area (Å²) in [4.78, 5) is 17.2. The number of aryl methyl sites for hydroxylation is 1. The van der Waals surface area contributed by atoms with Crippen molar-refractivity contribution >= 4 is 23.5 Å². The lowest BCUT2D eigenvalue weighted by molar-refractivity contribution is -0.123. The SMILES string of the molecule is CSc1nc2n(n1)[C@@H](c1ccccc1C)[C@@H]1C(=O)CCC=C1N2. The predicted molar refractivity (Wildman–Crippen MR) is 90.6 cm³/mol. The van der Waals surface area contributed by atoms with Crippen LogP contribution < -0.4 is 5.32 Å². The van der Waals surface area contributed by atoms with Crippen LogP contribution in [0.15, 0.2) is 41.2 Å². The molecular formula is C17H18N4OS. The molecule has 1 aliphatic carbocycles. The van der Waals surface area contributed by atoms with E-state index in [0.717, 1.165) is 28.8 Å². The number of Topliss-reactive ketones (excluding diaryl/α,β-unsaturated/α-hetero) is 1. The molecule has 2 aromatic rings. The van der Waals surface area contributed by atoms with Crippen LogP contribution in [0.4, 0.5) is 5.95 Å². The van der Waals surface area contributed by atoms with Crippen molar-refractivity contribution in [2.45, 2.75) is 31.0 Å². The maximum absolute atomic E-state index is 12.7. The summed E-state index contributed by atoms with van der Waals surface area (Å²) in [7, 11) is 0. The highest BCUT2D eigenvalue weighted by molar-refractivity contribution is 7.98. The van der Waals surface area contributed by atoms with Gasteiger partial charge in [-0.25, -0.2) is 4.68 Å². The van der Waals surface area contributed by atoms with Crippen LogP contribution in [0.1, 0.15) is 30.0 Å². The molecule has 0 saturated carbocycles. The fraction of sp³-hybridized carbons (Fsp3) is 0.353. The van der Waals surface area contributed by atoms with Crippen LogP contribution in [0, 0.1) is 12.8 Å². The molecule has 1 N–H and O–H groups in total. The molecule has 118 valence electrons. The molecule has 0 unspecified atom stereocenters. The molecule has 0 fully saturated rings. The zero-order chi connectivity index (χ0) is 16.0. The number of aromatic nitrogens is 3. The summed E-state index contributed by atoms with van der Waals surface area (Å²) in [6.45, 7) is 2.08. The molecule has 0 spiro atoms. The number of carbonyl (C=O) groups excluding carboxylic acids is 1. The number of rotatable bonds is 2. The van der Waals surface area contributed by atoms with E-state index in [-0.39, 0.29) is 17.7 Å². The average Bonchev–Trinajstić information content (AvgIpc) is 2.97. The van der Waals surface area contributed by atoms with Gasteiger partial charge in [-0.3, -0.25) is 4.79 Å². The molecule has 2 atom stereocenters. The highest BCUT2D eigenvalue weighted by Crippen LogP contribution is 2.42. The summed E-state index contributed by atoms with van der Waals surface area (Å²) in [6, 6.07) is 8.09. The number of carbonyl (C=O) groups is 1. The van der Waals surface area contributed by atoms with Gasteiger partial charge in [0.15, 0.2) is 0 Å². The van der Waals surface area contributed by atoms with E-state index >= 15 is 0 Å². The van der Waals surface area contributed by atoms with E-state index < -0.39 is 0 Å². The summed E-state index contributed by atoms with van der Waals surface area (Å²) in [6.07, 6.45) is 5.48. The first-order chi connectivity index (χ1) is 11.2. The van der Waals surface area contributed by atoms with E-state index in [9.17, 15) is 4.79 Å². The first-order valence-electron chi connectivity index (χ1n) is 7.75. The zero-order valence-electron chi connectivity index (χ0n) is 13.1. The van der Waals surface area contributed by atoms with E-state index in [2.05, 4.69) is 40.5 Å². The highest BCUT2D eigenvalue weighted by atomic mass is 32.2. The number of hydrogen-bond donors (Lipinski definition) is 1. The molecule has 1 aromatic heterocycles. The Morgan fingerprint density at radius 1 is 1.35 bits per heavy atom. The molecule has 2 aliphatic rings. The van der Waals surface area contributed by atoms with Crippen molar-refractivity contribution in [3.63, 3.8) is 0 Å². The van der Waals surface area contributed by atoms with Gasteiger partial charge in [0.2, 0.25) is 11.1 Å². The highest BCUT2D eigenvalue weighted by Gasteiger charge is 2.41. The zero-order valence-corrected chi connectivity index (χ0v) is 13.9. The molecule has 0 saturated heterocycles. The second kappa shape index (κ2) is 5.53. The fourth-order valence-electron chi connectivity index (χ4n) is 3.47. The quantitative estimate of drug-likeness (QED) is 0.859. The van der Waals surface area contributed by atoms with E-state index in [1.807, 2.05) is 23.1 Å². The summed E-state index contributed by atoms with van der Waals surface area (Å²) in [5.41, 5.74) is 3.28. The van der Waals surface area contributed by atoms with Gasteiger partial charge in [-0.1, -0.05) is 42.1 Å². The Bertz CT molecular complexity index is 811. The van der Waals surface area contributed by atoms with E-state index in [4.69, 9.17) is 0 Å². The summed E-state index contributed by atoms with van der Waals surface area (Å²) in [5.74, 6) is 0.795. The van der Waals surface area contributed by atoms with Gasteiger partial charge >= 0.3 is 0 Å². The predicted octanol–water partition coefficient (Wildman–Crippen LogP) is 3.19. The third-order valence-corrected chi connectivity index (χ3v) is 5.11. The Kier molecular flexibility index (Phi) is 3.49. The molecule has 1 aliphatic heterocycles. The lowest BCUT2D eigenvalue weighted by Crippen LogP contribution is -2.39. The lowest BCUT2D eigenvalue weighted by atomic mass is 9.80. The van der Waals surface area contributed by atoms with E-state index in [1.54, 1.807) is 0 Å². The van der Waals surface area contributed by atoms with Crippen LogP contribution in [0.5, 0.6) is 0 Å². The number of fused-ring (bicyclic) bond motifs is 2. The Hall–Kier alpha value is -2.08. The van der Waals surface area contributed by atoms with Crippen LogP contribution >= 0.6 is 11.8 Å². The number of benzene rings is 1. The molecule has 1 aromatic carbocycles. The number of nitrogens with one attached hydrogen (secondary N) is 1. The molecule has 2 heterocycles. The van der Waals surface area contributed by atoms with Crippen molar-refractivity contribution in [3.05, 3.63) is 47.2 Å². The van der Waals surface area contributed by atoms with Crippen molar-refractivity contribution in [2.75, 3.05) is 11.6 Å². The topological polar surface area (TPSA) is 59.8 Å². The monoisotopic (exact) mass is 326 g/mol. The third kappa shape index (κ3) is 2.28. The van der Waals surface area contributed by atoms with E-state index in [1.165, 1.54) is 17.3 Å². The van der Waals surface area contributed by atoms with Crippen LogP contribution in [-0.2, 0) is 4.79 Å². The largest absolute Gasteiger partial charge is 0.328 e. The van der Waals surface area contributed by atoms with Gasteiger partial charge in [0.1, 0.15) is 5.78 Å². The van der Waals surface area contributed by atoms with Crippen LogP contribution in [0.25, 0.3) is 0 Å². The van der Waals surface area contributed by atoms with Gasteiger partial charge in [0, 0.05) is 12.1 Å².